The monoisotopic (exact) mass is 343 g/mol. The fourth-order valence-corrected chi connectivity index (χ4v) is 3.09. The summed E-state index contributed by atoms with van der Waals surface area (Å²) in [4.78, 5) is 24.0. The van der Waals surface area contributed by atoms with Gasteiger partial charge in [-0.15, -0.1) is 0 Å². The van der Waals surface area contributed by atoms with Gasteiger partial charge in [0.1, 0.15) is 0 Å². The van der Waals surface area contributed by atoms with E-state index in [9.17, 15) is 9.59 Å². The smallest absolute Gasteiger partial charge is 0.243 e. The third-order valence-electron chi connectivity index (χ3n) is 3.92. The molecule has 1 saturated carbocycles. The van der Waals surface area contributed by atoms with Crippen LogP contribution in [0.25, 0.3) is 0 Å². The van der Waals surface area contributed by atoms with Crippen LogP contribution in [0.5, 0.6) is 0 Å². The summed E-state index contributed by atoms with van der Waals surface area (Å²) in [6, 6.07) is 4.79. The van der Waals surface area contributed by atoms with Gasteiger partial charge in [0.25, 0.3) is 0 Å². The minimum atomic E-state index is -0.347. The summed E-state index contributed by atoms with van der Waals surface area (Å²) in [5.74, 6) is -0.335. The largest absolute Gasteiger partial charge is 0.347 e. The van der Waals surface area contributed by atoms with Gasteiger partial charge in [0.05, 0.1) is 17.3 Å². The number of nitrogens with one attached hydrogen (secondary N) is 2. The van der Waals surface area contributed by atoms with Gasteiger partial charge in [-0.05, 0) is 43.5 Å². The Morgan fingerprint density at radius 3 is 2.77 bits per heavy atom. The molecule has 1 aromatic rings. The fraction of sp³-hybridized carbons (Fsp3) is 0.467. The van der Waals surface area contributed by atoms with Crippen LogP contribution in [-0.2, 0) is 9.59 Å². The third-order valence-corrected chi connectivity index (χ3v) is 4.49. The van der Waals surface area contributed by atoms with Crippen molar-refractivity contribution < 1.29 is 9.59 Å². The Labute approximate surface area is 139 Å². The van der Waals surface area contributed by atoms with Crippen molar-refractivity contribution in [3.63, 3.8) is 0 Å². The summed E-state index contributed by atoms with van der Waals surface area (Å²) in [6.07, 6.45) is 2.80. The molecular formula is C15H19Cl2N3O2. The number of nitrogens with two attached hydrogens (primary N) is 1. The molecule has 1 aromatic carbocycles. The summed E-state index contributed by atoms with van der Waals surface area (Å²) in [6.45, 7) is 0.401. The van der Waals surface area contributed by atoms with E-state index in [1.807, 2.05) is 0 Å². The van der Waals surface area contributed by atoms with Gasteiger partial charge in [0, 0.05) is 10.9 Å². The van der Waals surface area contributed by atoms with Gasteiger partial charge in [0.15, 0.2) is 0 Å². The van der Waals surface area contributed by atoms with Gasteiger partial charge < -0.3 is 16.4 Å². The van der Waals surface area contributed by atoms with E-state index in [0.29, 0.717) is 22.3 Å². The van der Waals surface area contributed by atoms with E-state index in [1.165, 1.54) is 0 Å². The Balaban J connectivity index is 1.85. The molecule has 4 N–H and O–H groups in total. The molecule has 0 aromatic heterocycles. The van der Waals surface area contributed by atoms with E-state index >= 15 is 0 Å². The molecule has 22 heavy (non-hydrogen) atoms. The second kappa shape index (κ2) is 7.81. The van der Waals surface area contributed by atoms with Crippen molar-refractivity contribution in [3.8, 4) is 0 Å². The maximum atomic E-state index is 12.1. The number of carbonyl (C=O) groups excluding carboxylic acids is 2. The highest BCUT2D eigenvalue weighted by molar-refractivity contribution is 6.35. The molecule has 1 fully saturated rings. The normalized spacial score (nSPS) is 20.7. The minimum absolute atomic E-state index is 0.0902. The first-order chi connectivity index (χ1) is 10.5. The molecular weight excluding hydrogens is 325 g/mol. The summed E-state index contributed by atoms with van der Waals surface area (Å²) in [5, 5.41) is 6.15. The molecule has 0 bridgehead atoms. The third kappa shape index (κ3) is 4.35. The van der Waals surface area contributed by atoms with Crippen LogP contribution in [0.3, 0.4) is 0 Å². The molecule has 0 aliphatic heterocycles. The Morgan fingerprint density at radius 2 is 2.05 bits per heavy atom. The average molecular weight is 344 g/mol. The van der Waals surface area contributed by atoms with Crippen molar-refractivity contribution in [2.24, 2.45) is 17.6 Å². The molecule has 0 saturated heterocycles. The van der Waals surface area contributed by atoms with Crippen LogP contribution in [0.15, 0.2) is 18.2 Å². The molecule has 120 valence electrons. The quantitative estimate of drug-likeness (QED) is 0.767. The van der Waals surface area contributed by atoms with Crippen LogP contribution in [0.4, 0.5) is 5.69 Å². The molecule has 1 aliphatic carbocycles. The van der Waals surface area contributed by atoms with Gasteiger partial charge in [-0.2, -0.15) is 0 Å². The van der Waals surface area contributed by atoms with Gasteiger partial charge in [-0.25, -0.2) is 0 Å². The van der Waals surface area contributed by atoms with Crippen molar-refractivity contribution in [3.05, 3.63) is 28.2 Å². The van der Waals surface area contributed by atoms with E-state index in [0.717, 1.165) is 19.3 Å². The first kappa shape index (κ1) is 17.1. The number of anilines is 1. The van der Waals surface area contributed by atoms with E-state index in [4.69, 9.17) is 28.9 Å². The highest BCUT2D eigenvalue weighted by Crippen LogP contribution is 2.31. The molecule has 2 atom stereocenters. The van der Waals surface area contributed by atoms with Crippen LogP contribution in [0, 0.1) is 11.8 Å². The predicted octanol–water partition coefficient (Wildman–Crippen LogP) is 2.42. The van der Waals surface area contributed by atoms with Gasteiger partial charge in [-0.1, -0.05) is 29.6 Å². The Bertz CT molecular complexity index is 566. The number of hydrogen-bond acceptors (Lipinski definition) is 3. The lowest BCUT2D eigenvalue weighted by Crippen LogP contribution is -2.39. The molecule has 0 spiro atoms. The summed E-state index contributed by atoms with van der Waals surface area (Å²) < 4.78 is 0. The fourth-order valence-electron chi connectivity index (χ4n) is 2.75. The molecule has 0 heterocycles. The van der Waals surface area contributed by atoms with Gasteiger partial charge in [0.2, 0.25) is 11.8 Å². The van der Waals surface area contributed by atoms with E-state index in [1.54, 1.807) is 18.2 Å². The second-order valence-electron chi connectivity index (χ2n) is 5.42. The zero-order valence-electron chi connectivity index (χ0n) is 12.1. The number of hydrogen-bond donors (Lipinski definition) is 3. The van der Waals surface area contributed by atoms with Crippen molar-refractivity contribution in [1.29, 1.82) is 0 Å². The lowest BCUT2D eigenvalue weighted by Gasteiger charge is -2.17. The van der Waals surface area contributed by atoms with Gasteiger partial charge >= 0.3 is 0 Å². The SMILES string of the molecule is NC[C@H]1CCC[C@H]1C(=O)NCC(=O)Nc1cc(Cl)ccc1Cl. The molecule has 1 aliphatic rings. The Morgan fingerprint density at radius 1 is 1.27 bits per heavy atom. The molecule has 0 radical (unpaired) electrons. The molecule has 2 amide bonds. The molecule has 7 heteroatoms. The number of amides is 2. The zero-order valence-corrected chi connectivity index (χ0v) is 13.6. The average Bonchev–Trinajstić information content (AvgIpc) is 2.97. The number of carbonyl (C=O) groups is 2. The van der Waals surface area contributed by atoms with Crippen molar-refractivity contribution in [2.75, 3.05) is 18.4 Å². The lowest BCUT2D eigenvalue weighted by molar-refractivity contribution is -0.128. The highest BCUT2D eigenvalue weighted by atomic mass is 35.5. The van der Waals surface area contributed by atoms with E-state index < -0.39 is 0 Å². The molecule has 0 unspecified atom stereocenters. The molecule has 2 rings (SSSR count). The number of rotatable bonds is 5. The van der Waals surface area contributed by atoms with Crippen LogP contribution < -0.4 is 16.4 Å². The summed E-state index contributed by atoms with van der Waals surface area (Å²) in [7, 11) is 0. The highest BCUT2D eigenvalue weighted by Gasteiger charge is 2.31. The van der Waals surface area contributed by atoms with Gasteiger partial charge in [-0.3, -0.25) is 9.59 Å². The first-order valence-electron chi connectivity index (χ1n) is 7.24. The lowest BCUT2D eigenvalue weighted by atomic mass is 9.95. The number of benzene rings is 1. The van der Waals surface area contributed by atoms with E-state index in [-0.39, 0.29) is 30.2 Å². The standard InChI is InChI=1S/C15H19Cl2N3O2/c16-10-4-5-12(17)13(6-10)20-14(21)8-19-15(22)11-3-1-2-9(11)7-18/h4-6,9,11H,1-3,7-8,18H2,(H,19,22)(H,20,21)/t9-,11-/m1/s1. The van der Waals surface area contributed by atoms with Crippen LogP contribution in [0.1, 0.15) is 19.3 Å². The maximum absolute atomic E-state index is 12.1. The predicted molar refractivity (Wildman–Crippen MR) is 88.0 cm³/mol. The second-order valence-corrected chi connectivity index (χ2v) is 6.27. The van der Waals surface area contributed by atoms with Crippen molar-refractivity contribution in [1.82, 2.24) is 5.32 Å². The van der Waals surface area contributed by atoms with Crippen LogP contribution in [-0.4, -0.2) is 24.9 Å². The topological polar surface area (TPSA) is 84.2 Å². The van der Waals surface area contributed by atoms with Crippen molar-refractivity contribution >= 4 is 40.7 Å². The minimum Gasteiger partial charge on any atom is -0.347 e. The first-order valence-corrected chi connectivity index (χ1v) is 7.99. The Hall–Kier alpha value is -1.30. The summed E-state index contributed by atoms with van der Waals surface area (Å²) in [5.41, 5.74) is 6.09. The van der Waals surface area contributed by atoms with E-state index in [2.05, 4.69) is 10.6 Å². The molecule has 5 nitrogen and oxygen atoms in total. The zero-order chi connectivity index (χ0) is 16.1. The maximum Gasteiger partial charge on any atom is 0.243 e. The number of halogens is 2. The summed E-state index contributed by atoms with van der Waals surface area (Å²) >= 11 is 11.8. The Kier molecular flexibility index (Phi) is 6.06. The van der Waals surface area contributed by atoms with Crippen molar-refractivity contribution in [2.45, 2.75) is 19.3 Å². The van der Waals surface area contributed by atoms with Crippen LogP contribution in [0.2, 0.25) is 10.0 Å². The van der Waals surface area contributed by atoms with Crippen LogP contribution >= 0.6 is 23.2 Å².